The number of aliphatic hydroxyl groups excluding tert-OH is 1. The number of aliphatic hydroxyl groups is 1. The normalized spacial score (nSPS) is 34.5. The number of hydrogen-bond acceptors (Lipinski definition) is 1. The van der Waals surface area contributed by atoms with Crippen molar-refractivity contribution in [3.05, 3.63) is 23.3 Å². The van der Waals surface area contributed by atoms with Gasteiger partial charge < -0.3 is 5.11 Å². The van der Waals surface area contributed by atoms with E-state index in [2.05, 4.69) is 46.8 Å². The number of allylic oxidation sites excluding steroid dienone is 4. The zero-order valence-corrected chi connectivity index (χ0v) is 17.0. The number of fused-ring (bicyclic) bond motifs is 1. The highest BCUT2D eigenvalue weighted by Crippen LogP contribution is 2.60. The van der Waals surface area contributed by atoms with Crippen LogP contribution in [0.4, 0.5) is 0 Å². The highest BCUT2D eigenvalue weighted by atomic mass is 16.3. The van der Waals surface area contributed by atoms with Gasteiger partial charge in [-0.05, 0) is 88.4 Å². The Bertz CT molecular complexity index is 482. The maximum atomic E-state index is 9.41. The molecule has 2 rings (SSSR count). The Kier molecular flexibility index (Phi) is 6.40. The molecular weight excluding hydrogens is 292 g/mol. The molecule has 4 atom stereocenters. The minimum Gasteiger partial charge on any atom is -0.393 e. The Hall–Kier alpha value is -0.560. The van der Waals surface area contributed by atoms with Crippen LogP contribution in [-0.2, 0) is 0 Å². The summed E-state index contributed by atoms with van der Waals surface area (Å²) in [5.74, 6) is 1.59. The molecule has 0 radical (unpaired) electrons. The summed E-state index contributed by atoms with van der Waals surface area (Å²) in [5.41, 5.74) is 4.12. The summed E-state index contributed by atoms with van der Waals surface area (Å²) >= 11 is 0. The van der Waals surface area contributed by atoms with E-state index in [4.69, 9.17) is 0 Å². The summed E-state index contributed by atoms with van der Waals surface area (Å²) in [7, 11) is 0. The van der Waals surface area contributed by atoms with Crippen LogP contribution >= 0.6 is 0 Å². The van der Waals surface area contributed by atoms with Crippen LogP contribution in [0.15, 0.2) is 23.3 Å². The standard InChI is InChI=1S/C23H40O/c1-17(9-7-10-19(3)24)11-13-20-18(2)12-14-21-22(4,5)15-8-16-23(20,21)6/h9,12,19-21,24H,7-8,10-11,13-16H2,1-6H3/b17-9+/t19-,20-,21-,23-/m0/s1. The van der Waals surface area contributed by atoms with Crippen LogP contribution in [0.25, 0.3) is 0 Å². The van der Waals surface area contributed by atoms with Crippen molar-refractivity contribution in [2.75, 3.05) is 0 Å². The van der Waals surface area contributed by atoms with Gasteiger partial charge in [0.1, 0.15) is 0 Å². The summed E-state index contributed by atoms with van der Waals surface area (Å²) in [6.45, 7) is 14.1. The maximum Gasteiger partial charge on any atom is 0.0515 e. The van der Waals surface area contributed by atoms with Gasteiger partial charge in [-0.1, -0.05) is 50.5 Å². The lowest BCUT2D eigenvalue weighted by Crippen LogP contribution is -2.48. The van der Waals surface area contributed by atoms with Crippen molar-refractivity contribution in [2.45, 2.75) is 99.0 Å². The molecule has 1 N–H and O–H groups in total. The van der Waals surface area contributed by atoms with E-state index in [1.807, 2.05) is 6.92 Å². The molecule has 0 aromatic rings. The maximum absolute atomic E-state index is 9.41. The van der Waals surface area contributed by atoms with E-state index in [1.165, 1.54) is 44.1 Å². The molecule has 0 heterocycles. The molecule has 1 heteroatoms. The lowest BCUT2D eigenvalue weighted by molar-refractivity contribution is -0.0390. The fourth-order valence-corrected chi connectivity index (χ4v) is 5.74. The zero-order chi connectivity index (χ0) is 18.0. The molecule has 138 valence electrons. The molecule has 2 aliphatic carbocycles. The largest absolute Gasteiger partial charge is 0.393 e. The van der Waals surface area contributed by atoms with Crippen molar-refractivity contribution in [3.63, 3.8) is 0 Å². The zero-order valence-electron chi connectivity index (χ0n) is 17.0. The van der Waals surface area contributed by atoms with Crippen LogP contribution in [0, 0.1) is 22.7 Å². The van der Waals surface area contributed by atoms with E-state index >= 15 is 0 Å². The van der Waals surface area contributed by atoms with Gasteiger partial charge in [-0.3, -0.25) is 0 Å². The molecular formula is C23H40O. The minimum atomic E-state index is -0.179. The summed E-state index contributed by atoms with van der Waals surface area (Å²) in [6.07, 6.45) is 14.6. The average molecular weight is 333 g/mol. The van der Waals surface area contributed by atoms with Gasteiger partial charge in [-0.2, -0.15) is 0 Å². The van der Waals surface area contributed by atoms with Gasteiger partial charge in [0, 0.05) is 0 Å². The molecule has 0 aromatic carbocycles. The van der Waals surface area contributed by atoms with Gasteiger partial charge in [0.05, 0.1) is 6.10 Å². The van der Waals surface area contributed by atoms with Crippen molar-refractivity contribution in [2.24, 2.45) is 22.7 Å². The third-order valence-electron chi connectivity index (χ3n) is 7.20. The second-order valence-corrected chi connectivity index (χ2v) is 9.65. The molecule has 0 saturated heterocycles. The van der Waals surface area contributed by atoms with Crippen molar-refractivity contribution in [1.29, 1.82) is 0 Å². The van der Waals surface area contributed by atoms with Crippen LogP contribution in [0.2, 0.25) is 0 Å². The van der Waals surface area contributed by atoms with Crippen LogP contribution in [0.5, 0.6) is 0 Å². The van der Waals surface area contributed by atoms with Crippen molar-refractivity contribution < 1.29 is 5.11 Å². The molecule has 1 saturated carbocycles. The van der Waals surface area contributed by atoms with Gasteiger partial charge >= 0.3 is 0 Å². The molecule has 1 nitrogen and oxygen atoms in total. The Balaban J connectivity index is 2.05. The second-order valence-electron chi connectivity index (χ2n) is 9.65. The second kappa shape index (κ2) is 7.77. The number of hydrogen-bond donors (Lipinski definition) is 1. The van der Waals surface area contributed by atoms with Gasteiger partial charge in [-0.25, -0.2) is 0 Å². The van der Waals surface area contributed by atoms with E-state index in [-0.39, 0.29) is 6.10 Å². The van der Waals surface area contributed by atoms with Gasteiger partial charge in [0.2, 0.25) is 0 Å². The van der Waals surface area contributed by atoms with Crippen LogP contribution in [0.1, 0.15) is 92.9 Å². The molecule has 0 aliphatic heterocycles. The molecule has 0 aromatic heterocycles. The average Bonchev–Trinajstić information content (AvgIpc) is 2.45. The molecule has 0 unspecified atom stereocenters. The summed E-state index contributed by atoms with van der Waals surface area (Å²) in [6, 6.07) is 0. The summed E-state index contributed by atoms with van der Waals surface area (Å²) in [5, 5.41) is 9.41. The highest BCUT2D eigenvalue weighted by molar-refractivity contribution is 5.19. The fourth-order valence-electron chi connectivity index (χ4n) is 5.74. The predicted octanol–water partition coefficient (Wildman–Crippen LogP) is 6.67. The molecule has 0 bridgehead atoms. The molecule has 0 spiro atoms. The summed E-state index contributed by atoms with van der Waals surface area (Å²) < 4.78 is 0. The molecule has 1 fully saturated rings. The van der Waals surface area contributed by atoms with Gasteiger partial charge in [0.15, 0.2) is 0 Å². The van der Waals surface area contributed by atoms with E-state index < -0.39 is 0 Å². The first-order valence-corrected chi connectivity index (χ1v) is 10.2. The highest BCUT2D eigenvalue weighted by Gasteiger charge is 2.51. The lowest BCUT2D eigenvalue weighted by atomic mass is 9.48. The Labute approximate surface area is 150 Å². The molecule has 2 aliphatic rings. The fraction of sp³-hybridized carbons (Fsp3) is 0.826. The predicted molar refractivity (Wildman–Crippen MR) is 105 cm³/mol. The first kappa shape index (κ1) is 19.8. The molecule has 24 heavy (non-hydrogen) atoms. The van der Waals surface area contributed by atoms with Crippen LogP contribution in [-0.4, -0.2) is 11.2 Å². The van der Waals surface area contributed by atoms with Gasteiger partial charge in [0.25, 0.3) is 0 Å². The molecule has 0 amide bonds. The van der Waals surface area contributed by atoms with E-state index in [9.17, 15) is 5.11 Å². The van der Waals surface area contributed by atoms with E-state index in [0.29, 0.717) is 10.8 Å². The Morgan fingerprint density at radius 2 is 2.04 bits per heavy atom. The van der Waals surface area contributed by atoms with Crippen molar-refractivity contribution in [1.82, 2.24) is 0 Å². The van der Waals surface area contributed by atoms with Crippen LogP contribution < -0.4 is 0 Å². The van der Waals surface area contributed by atoms with Crippen molar-refractivity contribution in [3.8, 4) is 0 Å². The Morgan fingerprint density at radius 3 is 2.71 bits per heavy atom. The Morgan fingerprint density at radius 1 is 1.33 bits per heavy atom. The van der Waals surface area contributed by atoms with Crippen LogP contribution in [0.3, 0.4) is 0 Å². The number of rotatable bonds is 6. The first-order chi connectivity index (χ1) is 11.2. The quantitative estimate of drug-likeness (QED) is 0.538. The SMILES string of the molecule is CC1=CC[C@H]2C(C)(C)CCC[C@@]2(C)[C@H]1CC/C(C)=C/CC[C@H](C)O. The topological polar surface area (TPSA) is 20.2 Å². The van der Waals surface area contributed by atoms with Gasteiger partial charge in [-0.15, -0.1) is 0 Å². The minimum absolute atomic E-state index is 0.179. The monoisotopic (exact) mass is 332 g/mol. The van der Waals surface area contributed by atoms with Crippen molar-refractivity contribution >= 4 is 0 Å². The van der Waals surface area contributed by atoms with E-state index in [1.54, 1.807) is 5.57 Å². The lowest BCUT2D eigenvalue weighted by Gasteiger charge is -2.57. The van der Waals surface area contributed by atoms with E-state index in [0.717, 1.165) is 24.7 Å². The first-order valence-electron chi connectivity index (χ1n) is 10.2. The smallest absolute Gasteiger partial charge is 0.0515 e. The third-order valence-corrected chi connectivity index (χ3v) is 7.20. The summed E-state index contributed by atoms with van der Waals surface area (Å²) in [4.78, 5) is 0. The third kappa shape index (κ3) is 4.34.